The molecular weight excluding hydrogens is 368 g/mol. The van der Waals surface area contributed by atoms with Crippen molar-refractivity contribution in [2.75, 3.05) is 14.2 Å². The highest BCUT2D eigenvalue weighted by molar-refractivity contribution is 5.98. The molecule has 1 aliphatic heterocycles. The molecule has 2 rings (SSSR count). The van der Waals surface area contributed by atoms with E-state index in [4.69, 9.17) is 14.2 Å². The maximum atomic E-state index is 12.7. The van der Waals surface area contributed by atoms with Gasteiger partial charge in [0.15, 0.2) is 17.3 Å². The van der Waals surface area contributed by atoms with Gasteiger partial charge in [0.25, 0.3) is 0 Å². The fourth-order valence-corrected chi connectivity index (χ4v) is 2.79. The molecule has 8 heteroatoms. The summed E-state index contributed by atoms with van der Waals surface area (Å²) in [6, 6.07) is 1.25. The predicted molar refractivity (Wildman–Crippen MR) is 101 cm³/mol. The summed E-state index contributed by atoms with van der Waals surface area (Å²) in [6.45, 7) is 1.62. The number of rotatable bonds is 2. The number of esters is 1. The second kappa shape index (κ2) is 9.38. The molecule has 1 aromatic rings. The molecule has 3 N–H and O–H groups in total. The smallest absolute Gasteiger partial charge is 0.342 e. The normalized spacial score (nSPS) is 23.5. The van der Waals surface area contributed by atoms with E-state index in [0.717, 1.165) is 6.08 Å². The molecule has 0 aliphatic carbocycles. The second-order valence-electron chi connectivity index (χ2n) is 6.33. The Kier molecular flexibility index (Phi) is 7.19. The van der Waals surface area contributed by atoms with Crippen LogP contribution in [0.1, 0.15) is 35.7 Å². The highest BCUT2D eigenvalue weighted by Crippen LogP contribution is 2.40. The number of carbonyl (C=O) groups is 2. The van der Waals surface area contributed by atoms with E-state index >= 15 is 0 Å². The van der Waals surface area contributed by atoms with Gasteiger partial charge in [-0.05, 0) is 19.4 Å². The molecule has 0 saturated heterocycles. The van der Waals surface area contributed by atoms with Gasteiger partial charge < -0.3 is 29.5 Å². The first-order valence-corrected chi connectivity index (χ1v) is 8.72. The number of methoxy groups -OCH3 is 2. The van der Waals surface area contributed by atoms with Crippen LogP contribution in [0.15, 0.2) is 24.3 Å². The SMILES string of the molecule is COc1cc(O)c2c(c1OC)C=CCC(O)C(O)C(=O)C=CCC(C)OC2=O. The summed E-state index contributed by atoms with van der Waals surface area (Å²) in [7, 11) is 2.76. The van der Waals surface area contributed by atoms with Crippen LogP contribution in [0.25, 0.3) is 6.08 Å². The number of fused-ring (bicyclic) bond motifs is 1. The van der Waals surface area contributed by atoms with Crippen molar-refractivity contribution < 1.29 is 39.1 Å². The summed E-state index contributed by atoms with van der Waals surface area (Å²) in [4.78, 5) is 24.6. The van der Waals surface area contributed by atoms with E-state index < -0.39 is 30.1 Å². The Morgan fingerprint density at radius 3 is 2.39 bits per heavy atom. The molecule has 0 aromatic heterocycles. The van der Waals surface area contributed by atoms with Gasteiger partial charge in [-0.25, -0.2) is 4.79 Å². The van der Waals surface area contributed by atoms with E-state index in [1.807, 2.05) is 0 Å². The van der Waals surface area contributed by atoms with Crippen LogP contribution in [0.4, 0.5) is 0 Å². The van der Waals surface area contributed by atoms with Gasteiger partial charge in [0.2, 0.25) is 0 Å². The van der Waals surface area contributed by atoms with Crippen LogP contribution in [-0.4, -0.2) is 59.6 Å². The number of hydrogen-bond donors (Lipinski definition) is 3. The molecule has 152 valence electrons. The average molecular weight is 392 g/mol. The van der Waals surface area contributed by atoms with Gasteiger partial charge >= 0.3 is 5.97 Å². The highest BCUT2D eigenvalue weighted by atomic mass is 16.5. The second-order valence-corrected chi connectivity index (χ2v) is 6.33. The summed E-state index contributed by atoms with van der Waals surface area (Å²) >= 11 is 0. The van der Waals surface area contributed by atoms with Crippen LogP contribution >= 0.6 is 0 Å². The molecule has 0 saturated carbocycles. The van der Waals surface area contributed by atoms with E-state index in [9.17, 15) is 24.9 Å². The number of cyclic esters (lactones) is 1. The number of carbonyl (C=O) groups excluding carboxylic acids is 2. The monoisotopic (exact) mass is 392 g/mol. The first kappa shape index (κ1) is 21.5. The largest absolute Gasteiger partial charge is 0.507 e. The molecule has 1 heterocycles. The Morgan fingerprint density at radius 2 is 1.75 bits per heavy atom. The summed E-state index contributed by atoms with van der Waals surface area (Å²) in [5, 5.41) is 30.3. The fraction of sp³-hybridized carbons (Fsp3) is 0.400. The highest BCUT2D eigenvalue weighted by Gasteiger charge is 2.26. The van der Waals surface area contributed by atoms with Gasteiger partial charge in [-0.2, -0.15) is 0 Å². The van der Waals surface area contributed by atoms with Gasteiger partial charge in [-0.1, -0.05) is 18.2 Å². The van der Waals surface area contributed by atoms with Gasteiger partial charge in [0.1, 0.15) is 23.5 Å². The van der Waals surface area contributed by atoms with Crippen LogP contribution in [0.3, 0.4) is 0 Å². The predicted octanol–water partition coefficient (Wildman–Crippen LogP) is 1.61. The van der Waals surface area contributed by atoms with Crippen LogP contribution in [-0.2, 0) is 9.53 Å². The van der Waals surface area contributed by atoms with Crippen molar-refractivity contribution in [3.8, 4) is 17.2 Å². The maximum absolute atomic E-state index is 12.7. The van der Waals surface area contributed by atoms with Gasteiger partial charge in [0, 0.05) is 18.1 Å². The lowest BCUT2D eigenvalue weighted by atomic mass is 10.0. The molecular formula is C20H24O8. The molecule has 1 aliphatic rings. The van der Waals surface area contributed by atoms with E-state index in [1.165, 1.54) is 38.5 Å². The van der Waals surface area contributed by atoms with Crippen molar-refractivity contribution >= 4 is 17.8 Å². The topological polar surface area (TPSA) is 123 Å². The average Bonchev–Trinajstić information content (AvgIpc) is 2.65. The summed E-state index contributed by atoms with van der Waals surface area (Å²) in [6.07, 6.45) is 2.09. The number of benzene rings is 1. The molecule has 3 unspecified atom stereocenters. The van der Waals surface area contributed by atoms with Gasteiger partial charge in [-0.3, -0.25) is 4.79 Å². The Bertz CT molecular complexity index is 796. The van der Waals surface area contributed by atoms with Crippen LogP contribution < -0.4 is 9.47 Å². The zero-order chi connectivity index (χ0) is 20.8. The molecule has 8 nitrogen and oxygen atoms in total. The number of phenolic OH excluding ortho intramolecular Hbond substituents is 1. The zero-order valence-corrected chi connectivity index (χ0v) is 15.9. The third-order valence-electron chi connectivity index (χ3n) is 4.27. The molecule has 0 spiro atoms. The molecule has 28 heavy (non-hydrogen) atoms. The Hall–Kier alpha value is -2.84. The minimum Gasteiger partial charge on any atom is -0.507 e. The van der Waals surface area contributed by atoms with Crippen molar-refractivity contribution in [1.82, 2.24) is 0 Å². The van der Waals surface area contributed by atoms with Crippen LogP contribution in [0.5, 0.6) is 17.2 Å². The van der Waals surface area contributed by atoms with Gasteiger partial charge in [-0.15, -0.1) is 0 Å². The summed E-state index contributed by atoms with van der Waals surface area (Å²) in [5.41, 5.74) is 0.0741. The third kappa shape index (κ3) is 4.71. The van der Waals surface area contributed by atoms with Crippen molar-refractivity contribution in [1.29, 1.82) is 0 Å². The van der Waals surface area contributed by atoms with Crippen molar-refractivity contribution in [2.24, 2.45) is 0 Å². The minimum absolute atomic E-state index is 0.0766. The van der Waals surface area contributed by atoms with Crippen molar-refractivity contribution in [3.05, 3.63) is 35.4 Å². The van der Waals surface area contributed by atoms with Gasteiger partial charge in [0.05, 0.1) is 20.3 Å². The molecule has 0 radical (unpaired) electrons. The molecule has 1 aromatic carbocycles. The van der Waals surface area contributed by atoms with Crippen molar-refractivity contribution in [3.63, 3.8) is 0 Å². The summed E-state index contributed by atoms with van der Waals surface area (Å²) < 4.78 is 15.9. The number of ketones is 1. The molecule has 0 bridgehead atoms. The van der Waals surface area contributed by atoms with E-state index in [0.29, 0.717) is 0 Å². The molecule has 0 amide bonds. The number of aromatic hydroxyl groups is 1. The minimum atomic E-state index is -1.58. The van der Waals surface area contributed by atoms with E-state index in [2.05, 4.69) is 0 Å². The zero-order valence-electron chi connectivity index (χ0n) is 15.9. The fourth-order valence-electron chi connectivity index (χ4n) is 2.79. The Morgan fingerprint density at radius 1 is 1.07 bits per heavy atom. The number of aliphatic hydroxyl groups is 2. The first-order valence-electron chi connectivity index (χ1n) is 8.72. The number of ether oxygens (including phenoxy) is 3. The quantitative estimate of drug-likeness (QED) is 0.649. The van der Waals surface area contributed by atoms with E-state index in [-0.39, 0.29) is 41.2 Å². The lowest BCUT2D eigenvalue weighted by molar-refractivity contribution is -0.127. The van der Waals surface area contributed by atoms with Crippen LogP contribution in [0.2, 0.25) is 0 Å². The molecule has 0 fully saturated rings. The lowest BCUT2D eigenvalue weighted by Crippen LogP contribution is -2.32. The summed E-state index contributed by atoms with van der Waals surface area (Å²) in [5.74, 6) is -1.39. The number of hydrogen-bond acceptors (Lipinski definition) is 8. The number of aliphatic hydroxyl groups excluding tert-OH is 2. The maximum Gasteiger partial charge on any atom is 0.342 e. The Labute approximate surface area is 162 Å². The third-order valence-corrected chi connectivity index (χ3v) is 4.27. The lowest BCUT2D eigenvalue weighted by Gasteiger charge is -2.18. The Balaban J connectivity index is 2.58. The number of phenols is 1. The first-order chi connectivity index (χ1) is 13.3. The molecule has 3 atom stereocenters. The van der Waals surface area contributed by atoms with E-state index in [1.54, 1.807) is 6.92 Å². The van der Waals surface area contributed by atoms with Crippen LogP contribution in [0, 0.1) is 0 Å². The standard InChI is InChI=1S/C20H24O8/c1-11-6-4-8-13(21)18(24)14(22)9-5-7-12-17(20(25)28-11)15(23)10-16(26-2)19(12)27-3/h4-5,7-8,10-11,14,18,22-24H,6,9H2,1-3H3. The van der Waals surface area contributed by atoms with Crippen molar-refractivity contribution in [2.45, 2.75) is 38.1 Å².